The first kappa shape index (κ1) is 19.5. The van der Waals surface area contributed by atoms with Crippen LogP contribution in [0, 0.1) is 18.8 Å². The van der Waals surface area contributed by atoms with Gasteiger partial charge in [-0.25, -0.2) is 0 Å². The number of likely N-dealkylation sites (N-methyl/N-ethyl adjacent to an activating group) is 1. The van der Waals surface area contributed by atoms with Crippen LogP contribution in [0.2, 0.25) is 0 Å². The largest absolute Gasteiger partial charge is 0.507 e. The minimum Gasteiger partial charge on any atom is -0.507 e. The number of phenols is 1. The minimum atomic E-state index is -0.116. The molecule has 0 unspecified atom stereocenters. The lowest BCUT2D eigenvalue weighted by atomic mass is 10.0. The van der Waals surface area contributed by atoms with Gasteiger partial charge in [-0.3, -0.25) is 9.69 Å². The van der Waals surface area contributed by atoms with Gasteiger partial charge in [0.05, 0.1) is 12.1 Å². The third-order valence-corrected chi connectivity index (χ3v) is 5.69. The lowest BCUT2D eigenvalue weighted by Gasteiger charge is -2.30. The molecular weight excluding hydrogens is 362 g/mol. The van der Waals surface area contributed by atoms with E-state index in [-0.39, 0.29) is 11.7 Å². The van der Waals surface area contributed by atoms with E-state index in [2.05, 4.69) is 40.8 Å². The molecule has 2 aromatic rings. The third-order valence-electron chi connectivity index (χ3n) is 5.69. The number of phenolic OH excluding ortho intramolecular Hbond substituents is 1. The van der Waals surface area contributed by atoms with Crippen molar-refractivity contribution in [3.05, 3.63) is 64.2 Å². The molecule has 1 fully saturated rings. The molecule has 29 heavy (non-hydrogen) atoms. The summed E-state index contributed by atoms with van der Waals surface area (Å²) in [6, 6.07) is 11.7. The molecule has 0 saturated carbocycles. The molecule has 5 heteroatoms. The molecule has 2 aromatic carbocycles. The van der Waals surface area contributed by atoms with Gasteiger partial charge in [0.25, 0.3) is 5.91 Å². The molecule has 0 radical (unpaired) electrons. The van der Waals surface area contributed by atoms with Gasteiger partial charge in [-0.1, -0.05) is 41.7 Å². The van der Waals surface area contributed by atoms with Crippen LogP contribution in [0.5, 0.6) is 5.75 Å². The molecule has 150 valence electrons. The maximum atomic E-state index is 12.8. The first-order chi connectivity index (χ1) is 14.0. The van der Waals surface area contributed by atoms with E-state index in [1.165, 1.54) is 5.56 Å². The fourth-order valence-electron chi connectivity index (χ4n) is 3.87. The van der Waals surface area contributed by atoms with Crippen molar-refractivity contribution >= 4 is 5.91 Å². The number of piperazine rings is 1. The highest BCUT2D eigenvalue weighted by Gasteiger charge is 2.30. The summed E-state index contributed by atoms with van der Waals surface area (Å²) in [5.41, 5.74) is 4.32. The molecule has 0 aromatic heterocycles. The molecule has 2 aliphatic heterocycles. The summed E-state index contributed by atoms with van der Waals surface area (Å²) in [5.74, 6) is 6.30. The van der Waals surface area contributed by atoms with Crippen LogP contribution in [0.3, 0.4) is 0 Å². The first-order valence-corrected chi connectivity index (χ1v) is 10.1. The maximum Gasteiger partial charge on any atom is 0.258 e. The number of hydrogen-bond donors (Lipinski definition) is 1. The van der Waals surface area contributed by atoms with Crippen molar-refractivity contribution in [3.8, 4) is 17.6 Å². The van der Waals surface area contributed by atoms with Crippen LogP contribution in [0.1, 0.15) is 32.6 Å². The second-order valence-electron chi connectivity index (χ2n) is 8.06. The van der Waals surface area contributed by atoms with Crippen molar-refractivity contribution in [1.82, 2.24) is 14.7 Å². The standard InChI is InChI=1S/C24H27N3O2/c1-18-5-7-19(8-6-18)16-27-17-21-14-20(15-22(28)23(21)24(27)29)4-3-9-26-12-10-25(2)11-13-26/h5-8,14-15,28H,9-13,16-17H2,1-2H3. The number of fused-ring (bicyclic) bond motifs is 1. The van der Waals surface area contributed by atoms with Crippen LogP contribution in [0.4, 0.5) is 0 Å². The topological polar surface area (TPSA) is 47.0 Å². The van der Waals surface area contributed by atoms with Crippen LogP contribution in [0.25, 0.3) is 0 Å². The average molecular weight is 389 g/mol. The van der Waals surface area contributed by atoms with Gasteiger partial charge in [0.2, 0.25) is 0 Å². The zero-order valence-electron chi connectivity index (χ0n) is 17.1. The van der Waals surface area contributed by atoms with Crippen LogP contribution < -0.4 is 0 Å². The number of hydrogen-bond acceptors (Lipinski definition) is 4. The molecule has 0 bridgehead atoms. The Balaban J connectivity index is 1.45. The van der Waals surface area contributed by atoms with E-state index < -0.39 is 0 Å². The average Bonchev–Trinajstić information content (AvgIpc) is 3.01. The van der Waals surface area contributed by atoms with E-state index in [0.29, 0.717) is 18.7 Å². The zero-order chi connectivity index (χ0) is 20.4. The molecule has 0 atom stereocenters. The molecule has 1 saturated heterocycles. The summed E-state index contributed by atoms with van der Waals surface area (Å²) in [4.78, 5) is 19.2. The molecule has 2 heterocycles. The molecule has 0 spiro atoms. The highest BCUT2D eigenvalue weighted by molar-refractivity contribution is 6.01. The Kier molecular flexibility index (Phi) is 5.57. The van der Waals surface area contributed by atoms with Gasteiger partial charge in [0.1, 0.15) is 5.75 Å². The summed E-state index contributed by atoms with van der Waals surface area (Å²) in [6.07, 6.45) is 0. The van der Waals surface area contributed by atoms with Gasteiger partial charge >= 0.3 is 0 Å². The summed E-state index contributed by atoms with van der Waals surface area (Å²) < 4.78 is 0. The zero-order valence-corrected chi connectivity index (χ0v) is 17.1. The number of aromatic hydroxyl groups is 1. The molecular formula is C24H27N3O2. The van der Waals surface area contributed by atoms with E-state index in [1.54, 1.807) is 11.0 Å². The Morgan fingerprint density at radius 3 is 2.52 bits per heavy atom. The number of carbonyl (C=O) groups excluding carboxylic acids is 1. The van der Waals surface area contributed by atoms with Crippen molar-refractivity contribution in [2.45, 2.75) is 20.0 Å². The fourth-order valence-corrected chi connectivity index (χ4v) is 3.87. The van der Waals surface area contributed by atoms with Gasteiger partial charge in [-0.2, -0.15) is 0 Å². The van der Waals surface area contributed by atoms with Crippen LogP contribution in [-0.4, -0.2) is 65.5 Å². The lowest BCUT2D eigenvalue weighted by molar-refractivity contribution is 0.0764. The van der Waals surface area contributed by atoms with Gasteiger partial charge in [0, 0.05) is 44.8 Å². The smallest absolute Gasteiger partial charge is 0.258 e. The summed E-state index contributed by atoms with van der Waals surface area (Å²) >= 11 is 0. The quantitative estimate of drug-likeness (QED) is 0.820. The Morgan fingerprint density at radius 1 is 1.07 bits per heavy atom. The van der Waals surface area contributed by atoms with E-state index in [9.17, 15) is 9.90 Å². The van der Waals surface area contributed by atoms with Crippen LogP contribution in [-0.2, 0) is 13.1 Å². The van der Waals surface area contributed by atoms with Crippen molar-refractivity contribution in [2.75, 3.05) is 39.8 Å². The minimum absolute atomic E-state index is 0.0304. The Labute approximate surface area is 172 Å². The molecule has 2 aliphatic rings. The van der Waals surface area contributed by atoms with Crippen LogP contribution in [0.15, 0.2) is 36.4 Å². The molecule has 5 nitrogen and oxygen atoms in total. The molecule has 1 amide bonds. The Bertz CT molecular complexity index is 964. The number of amides is 1. The number of nitrogens with zero attached hydrogens (tertiary/aromatic N) is 3. The lowest BCUT2D eigenvalue weighted by Crippen LogP contribution is -2.44. The van der Waals surface area contributed by atoms with Crippen molar-refractivity contribution in [3.63, 3.8) is 0 Å². The number of rotatable bonds is 3. The van der Waals surface area contributed by atoms with Crippen LogP contribution >= 0.6 is 0 Å². The molecule has 0 aliphatic carbocycles. The second kappa shape index (κ2) is 8.28. The number of aryl methyl sites for hydroxylation is 1. The van der Waals surface area contributed by atoms with Gasteiger partial charge in [0.15, 0.2) is 0 Å². The highest BCUT2D eigenvalue weighted by atomic mass is 16.3. The normalized spacial score (nSPS) is 17.2. The fraction of sp³-hybridized carbons (Fsp3) is 0.375. The number of benzene rings is 2. The van der Waals surface area contributed by atoms with Gasteiger partial charge in [-0.15, -0.1) is 0 Å². The highest BCUT2D eigenvalue weighted by Crippen LogP contribution is 2.32. The van der Waals surface area contributed by atoms with E-state index in [4.69, 9.17) is 0 Å². The summed E-state index contributed by atoms with van der Waals surface area (Å²) in [7, 11) is 2.14. The van der Waals surface area contributed by atoms with Gasteiger partial charge < -0.3 is 14.9 Å². The van der Waals surface area contributed by atoms with Gasteiger partial charge in [-0.05, 0) is 37.2 Å². The van der Waals surface area contributed by atoms with Crippen molar-refractivity contribution in [2.24, 2.45) is 0 Å². The SMILES string of the molecule is Cc1ccc(CN2Cc3cc(C#CCN4CCN(C)CC4)cc(O)c3C2=O)cc1. The monoisotopic (exact) mass is 389 g/mol. The van der Waals surface area contributed by atoms with E-state index >= 15 is 0 Å². The predicted octanol–water partition coefficient (Wildman–Crippen LogP) is 2.46. The van der Waals surface area contributed by atoms with Crippen molar-refractivity contribution < 1.29 is 9.90 Å². The predicted molar refractivity (Wildman–Crippen MR) is 114 cm³/mol. The first-order valence-electron chi connectivity index (χ1n) is 10.1. The summed E-state index contributed by atoms with van der Waals surface area (Å²) in [5, 5.41) is 10.4. The maximum absolute atomic E-state index is 12.8. The molecule has 1 N–H and O–H groups in total. The van der Waals surface area contributed by atoms with E-state index in [0.717, 1.165) is 49.4 Å². The summed E-state index contributed by atoms with van der Waals surface area (Å²) in [6.45, 7) is 8.02. The Morgan fingerprint density at radius 2 is 1.79 bits per heavy atom. The third kappa shape index (κ3) is 4.45. The number of carbonyl (C=O) groups is 1. The second-order valence-corrected chi connectivity index (χ2v) is 8.06. The van der Waals surface area contributed by atoms with Crippen molar-refractivity contribution in [1.29, 1.82) is 0 Å². The van der Waals surface area contributed by atoms with E-state index in [1.807, 2.05) is 25.1 Å². The Hall–Kier alpha value is -2.81. The molecule has 4 rings (SSSR count).